The van der Waals surface area contributed by atoms with Crippen molar-refractivity contribution in [2.24, 2.45) is 0 Å². The van der Waals surface area contributed by atoms with E-state index in [-0.39, 0.29) is 22.4 Å². The fourth-order valence-corrected chi connectivity index (χ4v) is 5.55. The number of hydrogen-bond acceptors (Lipinski definition) is 2. The molecule has 4 heteroatoms. The van der Waals surface area contributed by atoms with Gasteiger partial charge in [-0.3, -0.25) is 0 Å². The number of para-hydroxylation sites is 3. The average molecular weight is 683 g/mol. The molecule has 0 fully saturated rings. The summed E-state index contributed by atoms with van der Waals surface area (Å²) in [4.78, 5) is 9.19. The van der Waals surface area contributed by atoms with Crippen LogP contribution in [0.1, 0.15) is 41.7 Å². The summed E-state index contributed by atoms with van der Waals surface area (Å²) in [6.45, 7) is 17.6. The summed E-state index contributed by atoms with van der Waals surface area (Å²) in [5.74, 6) is 0. The molecule has 0 aliphatic carbocycles. The molecule has 6 rings (SSSR count). The van der Waals surface area contributed by atoms with Crippen molar-refractivity contribution < 1.29 is 22.4 Å². The van der Waals surface area contributed by atoms with Gasteiger partial charge in [-0.05, 0) is 81.5 Å². The van der Waals surface area contributed by atoms with Gasteiger partial charge in [0.2, 0.25) is 0 Å². The number of benzene rings is 4. The normalized spacial score (nSPS) is 13.1. The second-order valence-corrected chi connectivity index (χ2v) is 10.2. The van der Waals surface area contributed by atoms with E-state index in [1.54, 1.807) is 0 Å². The van der Waals surface area contributed by atoms with E-state index in [1.165, 1.54) is 61.4 Å². The molecule has 3 nitrogen and oxygen atoms in total. The van der Waals surface area contributed by atoms with E-state index >= 15 is 0 Å². The minimum Gasteiger partial charge on any atom is -0.657 e. The summed E-state index contributed by atoms with van der Waals surface area (Å²) >= 11 is 0. The molecule has 4 aromatic carbocycles. The Morgan fingerprint density at radius 1 is 0.526 bits per heavy atom. The van der Waals surface area contributed by atoms with E-state index in [1.807, 2.05) is 12.1 Å². The number of fused-ring (bicyclic) bond motifs is 3. The Bertz CT molecular complexity index is 1550. The van der Waals surface area contributed by atoms with E-state index in [0.29, 0.717) is 0 Å². The number of aryl methyl sites for hydroxylation is 5. The van der Waals surface area contributed by atoms with Crippen molar-refractivity contribution in [3.8, 4) is 0 Å². The van der Waals surface area contributed by atoms with Crippen molar-refractivity contribution in [2.45, 2.75) is 48.5 Å². The molecule has 199 valence electrons. The van der Waals surface area contributed by atoms with E-state index in [2.05, 4.69) is 137 Å². The van der Waals surface area contributed by atoms with Gasteiger partial charge in [-0.1, -0.05) is 84.4 Å². The quantitative estimate of drug-likeness (QED) is 0.137. The maximum Gasteiger partial charge on any atom is 0.0186 e. The summed E-state index contributed by atoms with van der Waals surface area (Å²) < 4.78 is 0. The predicted octanol–water partition coefficient (Wildman–Crippen LogP) is 8.87. The summed E-state index contributed by atoms with van der Waals surface area (Å²) in [6, 6.07) is 27.5. The standard InChI is InChI=1S/C22H27N2.C12H8N.Au/c1-14-11-17(4)22(18(5)12-14)24-13-23(19(6)20(24)7)21-15(2)9-8-10-16(21)3;1-3-7-11-9(5-1)10-6-2-4-8-12(10)13-11;/h8-13H,1-7H3;1-8H;/q2*-1;. The zero-order valence-electron chi connectivity index (χ0n) is 23.2. The van der Waals surface area contributed by atoms with Gasteiger partial charge in [0.25, 0.3) is 0 Å². The van der Waals surface area contributed by atoms with E-state index in [0.717, 1.165) is 11.0 Å². The molecular formula is C34H35AuN3-2. The molecule has 0 unspecified atom stereocenters. The Labute approximate surface area is 242 Å². The Hall–Kier alpha value is -3.24. The molecule has 0 atom stereocenters. The Morgan fingerprint density at radius 3 is 1.42 bits per heavy atom. The fourth-order valence-electron chi connectivity index (χ4n) is 5.55. The van der Waals surface area contributed by atoms with Crippen molar-refractivity contribution in [1.82, 2.24) is 4.98 Å². The first-order valence-electron chi connectivity index (χ1n) is 12.9. The largest absolute Gasteiger partial charge is 0.657 e. The topological polar surface area (TPSA) is 20.6 Å². The van der Waals surface area contributed by atoms with E-state index < -0.39 is 0 Å². The summed E-state index contributed by atoms with van der Waals surface area (Å²) in [5, 5.41) is 2.50. The molecule has 0 N–H and O–H groups in total. The van der Waals surface area contributed by atoms with Crippen molar-refractivity contribution in [3.05, 3.63) is 125 Å². The Kier molecular flexibility index (Phi) is 8.22. The minimum absolute atomic E-state index is 0. The maximum absolute atomic E-state index is 4.52. The van der Waals surface area contributed by atoms with Gasteiger partial charge in [-0.25, -0.2) is 0 Å². The second kappa shape index (κ2) is 11.2. The van der Waals surface area contributed by atoms with Gasteiger partial charge in [0, 0.05) is 45.1 Å². The van der Waals surface area contributed by atoms with Crippen LogP contribution in [-0.4, -0.2) is 0 Å². The molecule has 0 amide bonds. The fraction of sp³-hybridized carbons (Fsp3) is 0.206. The van der Waals surface area contributed by atoms with Gasteiger partial charge in [-0.15, -0.1) is 17.7 Å². The number of aromatic nitrogens is 1. The van der Waals surface area contributed by atoms with Crippen molar-refractivity contribution in [3.63, 3.8) is 0 Å². The maximum atomic E-state index is 4.52. The molecule has 1 radical (unpaired) electrons. The first-order valence-corrected chi connectivity index (χ1v) is 12.9. The predicted molar refractivity (Wildman–Crippen MR) is 159 cm³/mol. The number of anilines is 2. The van der Waals surface area contributed by atoms with Gasteiger partial charge in [0.05, 0.1) is 0 Å². The molecule has 0 spiro atoms. The van der Waals surface area contributed by atoms with Gasteiger partial charge in [0.1, 0.15) is 0 Å². The summed E-state index contributed by atoms with van der Waals surface area (Å²) in [5.41, 5.74) is 13.9. The molecule has 0 saturated carbocycles. The smallest absolute Gasteiger partial charge is 0.0186 e. The van der Waals surface area contributed by atoms with Crippen molar-refractivity contribution in [1.29, 1.82) is 0 Å². The van der Waals surface area contributed by atoms with Crippen LogP contribution in [0.5, 0.6) is 0 Å². The molecule has 1 aliphatic rings. The molecular weight excluding hydrogens is 647 g/mol. The SMILES string of the molecule is CC1=C(C)N(c2c(C)cc(C)cc2C)[CH-]N1c1c(C)cccc1C.[Au].c1ccc2c(c1)[n-]c1ccccc12. The van der Waals surface area contributed by atoms with Crippen LogP contribution in [0.2, 0.25) is 0 Å². The molecule has 2 heterocycles. The van der Waals surface area contributed by atoms with Gasteiger partial charge in [-0.2, -0.15) is 0 Å². The molecule has 0 saturated heterocycles. The van der Waals surface area contributed by atoms with Crippen LogP contribution in [0, 0.1) is 41.3 Å². The van der Waals surface area contributed by atoms with Gasteiger partial charge in [0.15, 0.2) is 0 Å². The van der Waals surface area contributed by atoms with E-state index in [9.17, 15) is 0 Å². The summed E-state index contributed by atoms with van der Waals surface area (Å²) in [6.07, 6.45) is 0. The van der Waals surface area contributed by atoms with Crippen LogP contribution < -0.4 is 14.8 Å². The molecule has 1 aliphatic heterocycles. The first-order chi connectivity index (χ1) is 17.8. The third-order valence-electron chi connectivity index (χ3n) is 7.37. The second-order valence-electron chi connectivity index (χ2n) is 10.2. The zero-order valence-corrected chi connectivity index (χ0v) is 25.4. The van der Waals surface area contributed by atoms with Crippen LogP contribution in [0.25, 0.3) is 21.8 Å². The zero-order chi connectivity index (χ0) is 26.3. The molecule has 1 aromatic heterocycles. The number of nitrogens with zero attached hydrogens (tertiary/aromatic N) is 3. The molecule has 38 heavy (non-hydrogen) atoms. The third kappa shape index (κ3) is 5.07. The number of allylic oxidation sites excluding steroid dienone is 2. The van der Waals surface area contributed by atoms with Gasteiger partial charge < -0.3 is 14.8 Å². The third-order valence-corrected chi connectivity index (χ3v) is 7.37. The van der Waals surface area contributed by atoms with Crippen LogP contribution in [0.15, 0.2) is 90.3 Å². The van der Waals surface area contributed by atoms with Crippen molar-refractivity contribution in [2.75, 3.05) is 9.80 Å². The number of hydrogen-bond donors (Lipinski definition) is 0. The van der Waals surface area contributed by atoms with E-state index in [4.69, 9.17) is 0 Å². The molecule has 5 aromatic rings. The van der Waals surface area contributed by atoms with Crippen molar-refractivity contribution >= 4 is 33.2 Å². The van der Waals surface area contributed by atoms with Crippen LogP contribution >= 0.6 is 0 Å². The summed E-state index contributed by atoms with van der Waals surface area (Å²) in [7, 11) is 0. The van der Waals surface area contributed by atoms with Crippen LogP contribution in [0.4, 0.5) is 11.4 Å². The average Bonchev–Trinajstić information content (AvgIpc) is 3.37. The number of rotatable bonds is 2. The van der Waals surface area contributed by atoms with Crippen LogP contribution in [0.3, 0.4) is 0 Å². The molecule has 0 bridgehead atoms. The Morgan fingerprint density at radius 2 is 0.947 bits per heavy atom. The first kappa shape index (κ1) is 27.8. The Balaban J connectivity index is 0.000000201. The van der Waals surface area contributed by atoms with Gasteiger partial charge >= 0.3 is 0 Å². The minimum atomic E-state index is 0. The van der Waals surface area contributed by atoms with Crippen LogP contribution in [-0.2, 0) is 22.4 Å². The monoisotopic (exact) mass is 682 g/mol.